The summed E-state index contributed by atoms with van der Waals surface area (Å²) in [6.07, 6.45) is 1.16. The Labute approximate surface area is 168 Å². The predicted octanol–water partition coefficient (Wildman–Crippen LogP) is 5.54. The van der Waals surface area contributed by atoms with Gasteiger partial charge in [0.25, 0.3) is 0 Å². The van der Waals surface area contributed by atoms with Gasteiger partial charge in [-0.05, 0) is 12.1 Å². The average Bonchev–Trinajstić information content (AvgIpc) is 2.78. The lowest BCUT2D eigenvalue weighted by molar-refractivity contribution is -0.128. The maximum atomic E-state index is 11.9. The molecule has 0 saturated heterocycles. The molecule has 0 bridgehead atoms. The zero-order valence-corrected chi connectivity index (χ0v) is 15.8. The molecule has 0 spiro atoms. The van der Waals surface area contributed by atoms with Crippen molar-refractivity contribution in [3.05, 3.63) is 91.5 Å². The van der Waals surface area contributed by atoms with E-state index < -0.39 is 5.97 Å². The molecule has 4 rings (SSSR count). The van der Waals surface area contributed by atoms with Gasteiger partial charge in [0.1, 0.15) is 30.5 Å². The Bertz CT molecular complexity index is 1110. The van der Waals surface area contributed by atoms with Gasteiger partial charge in [0.05, 0.1) is 0 Å². The first-order chi connectivity index (χ1) is 14.3. The zero-order chi connectivity index (χ0) is 20.1. The van der Waals surface area contributed by atoms with Gasteiger partial charge in [0, 0.05) is 27.6 Å². The van der Waals surface area contributed by atoms with Gasteiger partial charge in [0.15, 0.2) is 0 Å². The molecule has 29 heavy (non-hydrogen) atoms. The lowest BCUT2D eigenvalue weighted by atomic mass is 10.0. The fourth-order valence-electron chi connectivity index (χ4n) is 3.28. The molecule has 144 valence electrons. The van der Waals surface area contributed by atoms with Crippen molar-refractivity contribution in [3.63, 3.8) is 0 Å². The van der Waals surface area contributed by atoms with Crippen LogP contribution in [0, 0.1) is 0 Å². The number of carbonyl (C=O) groups excluding carboxylic acids is 1. The van der Waals surface area contributed by atoms with E-state index in [9.17, 15) is 4.79 Å². The van der Waals surface area contributed by atoms with Crippen molar-refractivity contribution in [1.82, 2.24) is 0 Å². The molecule has 0 aliphatic carbocycles. The van der Waals surface area contributed by atoms with Gasteiger partial charge in [-0.1, -0.05) is 73.3 Å². The van der Waals surface area contributed by atoms with Crippen molar-refractivity contribution in [2.24, 2.45) is 0 Å². The van der Waals surface area contributed by atoms with Crippen LogP contribution in [0.1, 0.15) is 0 Å². The van der Waals surface area contributed by atoms with Crippen LogP contribution in [-0.2, 0) is 4.79 Å². The minimum absolute atomic E-state index is 0.384. The van der Waals surface area contributed by atoms with E-state index in [0.717, 1.165) is 39.1 Å². The summed E-state index contributed by atoms with van der Waals surface area (Å²) in [6.45, 7) is 4.30. The Morgan fingerprint density at radius 1 is 0.690 bits per heavy atom. The Balaban J connectivity index is 1.70. The topological polar surface area (TPSA) is 44.8 Å². The molecule has 0 N–H and O–H groups in total. The van der Waals surface area contributed by atoms with Crippen molar-refractivity contribution in [2.75, 3.05) is 13.2 Å². The molecule has 0 unspecified atom stereocenters. The number of hydrogen-bond acceptors (Lipinski definition) is 4. The van der Waals surface area contributed by atoms with Crippen LogP contribution < -0.4 is 14.2 Å². The number of para-hydroxylation sites is 1. The molecule has 0 fully saturated rings. The summed E-state index contributed by atoms with van der Waals surface area (Å²) in [5, 5.41) is 3.36. The third kappa shape index (κ3) is 3.92. The maximum absolute atomic E-state index is 11.9. The highest BCUT2D eigenvalue weighted by Gasteiger charge is 2.17. The summed E-state index contributed by atoms with van der Waals surface area (Å²) in [7, 11) is 0. The minimum Gasteiger partial charge on any atom is -0.490 e. The summed E-state index contributed by atoms with van der Waals surface area (Å²) < 4.78 is 17.5. The van der Waals surface area contributed by atoms with Gasteiger partial charge in [-0.15, -0.1) is 0 Å². The van der Waals surface area contributed by atoms with Crippen molar-refractivity contribution in [3.8, 4) is 17.2 Å². The van der Waals surface area contributed by atoms with E-state index in [2.05, 4.69) is 6.58 Å². The van der Waals surface area contributed by atoms with Crippen molar-refractivity contribution >= 4 is 27.5 Å². The maximum Gasteiger partial charge on any atom is 0.335 e. The molecule has 4 nitrogen and oxygen atoms in total. The van der Waals surface area contributed by atoms with E-state index in [0.29, 0.717) is 19.0 Å². The second-order valence-corrected chi connectivity index (χ2v) is 6.38. The van der Waals surface area contributed by atoms with E-state index in [1.165, 1.54) is 0 Å². The summed E-state index contributed by atoms with van der Waals surface area (Å²) in [4.78, 5) is 11.9. The molecule has 0 amide bonds. The highest BCUT2D eigenvalue weighted by molar-refractivity contribution is 6.12. The van der Waals surface area contributed by atoms with E-state index in [-0.39, 0.29) is 0 Å². The molecule has 0 heterocycles. The van der Waals surface area contributed by atoms with Crippen LogP contribution in [-0.4, -0.2) is 19.2 Å². The van der Waals surface area contributed by atoms with Crippen LogP contribution >= 0.6 is 0 Å². The molecular formula is C25H20O4. The SMILES string of the molecule is C=CC(=O)Oc1c2ccccc2c(OCCOc2ccccc2)c2ccccc12. The average molecular weight is 384 g/mol. The van der Waals surface area contributed by atoms with Crippen LogP contribution in [0.4, 0.5) is 0 Å². The lowest BCUT2D eigenvalue weighted by Crippen LogP contribution is -2.10. The number of rotatable bonds is 7. The second kappa shape index (κ2) is 8.48. The first-order valence-corrected chi connectivity index (χ1v) is 9.36. The molecule has 0 aromatic heterocycles. The first-order valence-electron chi connectivity index (χ1n) is 9.36. The highest BCUT2D eigenvalue weighted by Crippen LogP contribution is 2.42. The van der Waals surface area contributed by atoms with E-state index >= 15 is 0 Å². The summed E-state index contributed by atoms with van der Waals surface area (Å²) >= 11 is 0. The predicted molar refractivity (Wildman–Crippen MR) is 115 cm³/mol. The van der Waals surface area contributed by atoms with E-state index in [1.54, 1.807) is 0 Å². The van der Waals surface area contributed by atoms with Crippen LogP contribution in [0.5, 0.6) is 17.2 Å². The van der Waals surface area contributed by atoms with E-state index in [1.807, 2.05) is 78.9 Å². The third-order valence-electron chi connectivity index (χ3n) is 4.54. The van der Waals surface area contributed by atoms with Gasteiger partial charge in [-0.25, -0.2) is 4.79 Å². The molecule has 4 aromatic rings. The van der Waals surface area contributed by atoms with Crippen molar-refractivity contribution in [1.29, 1.82) is 0 Å². The number of carbonyl (C=O) groups is 1. The van der Waals surface area contributed by atoms with Gasteiger partial charge >= 0.3 is 5.97 Å². The standard InChI is InChI=1S/C25H20O4/c1-2-23(26)29-25-21-14-8-6-12-19(21)24(20-13-7-9-15-22(20)25)28-17-16-27-18-10-4-3-5-11-18/h2-15H,1,16-17H2. The fourth-order valence-corrected chi connectivity index (χ4v) is 3.28. The number of fused-ring (bicyclic) bond motifs is 2. The van der Waals surface area contributed by atoms with Crippen LogP contribution in [0.15, 0.2) is 91.5 Å². The van der Waals surface area contributed by atoms with Gasteiger partial charge in [-0.3, -0.25) is 0 Å². The molecule has 0 saturated carbocycles. The summed E-state index contributed by atoms with van der Waals surface area (Å²) in [5.74, 6) is 1.56. The molecule has 0 aliphatic heterocycles. The lowest BCUT2D eigenvalue weighted by Gasteiger charge is -2.17. The van der Waals surface area contributed by atoms with Crippen molar-refractivity contribution < 1.29 is 19.0 Å². The summed E-state index contributed by atoms with van der Waals surface area (Å²) in [5.41, 5.74) is 0. The number of esters is 1. The molecule has 4 aromatic carbocycles. The van der Waals surface area contributed by atoms with Gasteiger partial charge in [0.2, 0.25) is 0 Å². The smallest absolute Gasteiger partial charge is 0.335 e. The third-order valence-corrected chi connectivity index (χ3v) is 4.54. The highest BCUT2D eigenvalue weighted by atomic mass is 16.5. The molecule has 4 heteroatoms. The molecule has 0 atom stereocenters. The second-order valence-electron chi connectivity index (χ2n) is 6.38. The number of hydrogen-bond donors (Lipinski definition) is 0. The number of benzene rings is 4. The molecular weight excluding hydrogens is 364 g/mol. The van der Waals surface area contributed by atoms with E-state index in [4.69, 9.17) is 14.2 Å². The Hall–Kier alpha value is -3.79. The first kappa shape index (κ1) is 18.6. The Morgan fingerprint density at radius 3 is 1.72 bits per heavy atom. The van der Waals surface area contributed by atoms with Crippen molar-refractivity contribution in [2.45, 2.75) is 0 Å². The quantitative estimate of drug-likeness (QED) is 0.138. The Kier molecular flexibility index (Phi) is 5.43. The van der Waals surface area contributed by atoms with Crippen LogP contribution in [0.2, 0.25) is 0 Å². The molecule has 0 aliphatic rings. The van der Waals surface area contributed by atoms with Gasteiger partial charge in [-0.2, -0.15) is 0 Å². The minimum atomic E-state index is -0.495. The zero-order valence-electron chi connectivity index (χ0n) is 15.8. The fraction of sp³-hybridized carbons (Fsp3) is 0.0800. The normalized spacial score (nSPS) is 10.6. The van der Waals surface area contributed by atoms with Gasteiger partial charge < -0.3 is 14.2 Å². The molecule has 0 radical (unpaired) electrons. The monoisotopic (exact) mass is 384 g/mol. The Morgan fingerprint density at radius 2 is 1.17 bits per heavy atom. The summed E-state index contributed by atoms with van der Waals surface area (Å²) in [6, 6.07) is 25.1. The largest absolute Gasteiger partial charge is 0.490 e. The van der Waals surface area contributed by atoms with Crippen LogP contribution in [0.25, 0.3) is 21.5 Å². The van der Waals surface area contributed by atoms with Crippen LogP contribution in [0.3, 0.4) is 0 Å². The number of ether oxygens (including phenoxy) is 3.